The molecule has 0 bridgehead atoms. The molecular weight excluding hydrogens is 256 g/mol. The number of nitrogens with one attached hydrogen (secondary N) is 2. The first-order chi connectivity index (χ1) is 9.52. The summed E-state index contributed by atoms with van der Waals surface area (Å²) in [6.45, 7) is 4.27. The summed E-state index contributed by atoms with van der Waals surface area (Å²) in [6, 6.07) is 1.47. The molecule has 0 saturated heterocycles. The molecule has 110 valence electrons. The summed E-state index contributed by atoms with van der Waals surface area (Å²) >= 11 is 0. The molecular formula is C14H22N4O2. The molecule has 1 aromatic rings. The normalized spacial score (nSPS) is 15.7. The van der Waals surface area contributed by atoms with Gasteiger partial charge in [0.2, 0.25) is 5.91 Å². The molecule has 1 unspecified atom stereocenters. The number of hydrogen-bond donors (Lipinski definition) is 3. The molecule has 1 fully saturated rings. The SMILES string of the molecule is CCCNC(=O)C(C)NC(=O)c1cc(N)cn1C1CC1. The number of nitrogen functional groups attached to an aromatic ring is 1. The maximum absolute atomic E-state index is 12.2. The van der Waals surface area contributed by atoms with E-state index >= 15 is 0 Å². The van der Waals surface area contributed by atoms with Gasteiger partial charge in [-0.05, 0) is 32.3 Å². The number of rotatable bonds is 6. The van der Waals surface area contributed by atoms with Crippen molar-refractivity contribution < 1.29 is 9.59 Å². The van der Waals surface area contributed by atoms with E-state index in [1.165, 1.54) is 0 Å². The van der Waals surface area contributed by atoms with Crippen molar-refractivity contribution in [2.24, 2.45) is 0 Å². The van der Waals surface area contributed by atoms with Crippen LogP contribution in [0.3, 0.4) is 0 Å². The van der Waals surface area contributed by atoms with Crippen molar-refractivity contribution in [3.8, 4) is 0 Å². The highest BCUT2D eigenvalue weighted by Gasteiger charge is 2.28. The first-order valence-electron chi connectivity index (χ1n) is 7.08. The van der Waals surface area contributed by atoms with E-state index in [1.54, 1.807) is 19.2 Å². The molecule has 2 amide bonds. The number of carbonyl (C=O) groups is 2. The van der Waals surface area contributed by atoms with E-state index in [1.807, 2.05) is 11.5 Å². The molecule has 1 atom stereocenters. The van der Waals surface area contributed by atoms with Crippen molar-refractivity contribution in [1.29, 1.82) is 0 Å². The van der Waals surface area contributed by atoms with E-state index in [-0.39, 0.29) is 11.8 Å². The second-order valence-corrected chi connectivity index (χ2v) is 5.28. The predicted molar refractivity (Wildman–Crippen MR) is 77.3 cm³/mol. The Morgan fingerprint density at radius 3 is 2.80 bits per heavy atom. The van der Waals surface area contributed by atoms with Crippen molar-refractivity contribution in [1.82, 2.24) is 15.2 Å². The van der Waals surface area contributed by atoms with Gasteiger partial charge in [-0.25, -0.2) is 0 Å². The zero-order valence-corrected chi connectivity index (χ0v) is 12.0. The van der Waals surface area contributed by atoms with E-state index in [4.69, 9.17) is 5.73 Å². The fourth-order valence-corrected chi connectivity index (χ4v) is 2.07. The van der Waals surface area contributed by atoms with Gasteiger partial charge >= 0.3 is 0 Å². The number of amides is 2. The van der Waals surface area contributed by atoms with Crippen LogP contribution in [0.1, 0.15) is 49.6 Å². The van der Waals surface area contributed by atoms with Crippen LogP contribution in [0.15, 0.2) is 12.3 Å². The number of carbonyl (C=O) groups excluding carboxylic acids is 2. The Morgan fingerprint density at radius 2 is 2.20 bits per heavy atom. The lowest BCUT2D eigenvalue weighted by Gasteiger charge is -2.14. The third-order valence-electron chi connectivity index (χ3n) is 3.33. The summed E-state index contributed by atoms with van der Waals surface area (Å²) in [6.07, 6.45) is 4.80. The molecule has 1 saturated carbocycles. The van der Waals surface area contributed by atoms with Crippen LogP contribution in [0.2, 0.25) is 0 Å². The zero-order chi connectivity index (χ0) is 14.7. The molecule has 0 aliphatic heterocycles. The van der Waals surface area contributed by atoms with Gasteiger partial charge in [0.25, 0.3) is 5.91 Å². The van der Waals surface area contributed by atoms with Gasteiger partial charge in [0.05, 0.1) is 5.69 Å². The van der Waals surface area contributed by atoms with E-state index < -0.39 is 6.04 Å². The summed E-state index contributed by atoms with van der Waals surface area (Å²) in [5, 5.41) is 5.47. The Balaban J connectivity index is 1.99. The van der Waals surface area contributed by atoms with E-state index in [0.717, 1.165) is 19.3 Å². The number of anilines is 1. The fraction of sp³-hybridized carbons (Fsp3) is 0.571. The average molecular weight is 278 g/mol. The Morgan fingerprint density at radius 1 is 1.50 bits per heavy atom. The van der Waals surface area contributed by atoms with E-state index in [0.29, 0.717) is 24.0 Å². The summed E-state index contributed by atoms with van der Waals surface area (Å²) in [7, 11) is 0. The van der Waals surface area contributed by atoms with Gasteiger partial charge in [0, 0.05) is 18.8 Å². The maximum atomic E-state index is 12.2. The van der Waals surface area contributed by atoms with Crippen molar-refractivity contribution >= 4 is 17.5 Å². The molecule has 1 aliphatic carbocycles. The first kappa shape index (κ1) is 14.4. The molecule has 0 aromatic carbocycles. The zero-order valence-electron chi connectivity index (χ0n) is 12.0. The number of hydrogen-bond acceptors (Lipinski definition) is 3. The second kappa shape index (κ2) is 5.98. The number of nitrogens with two attached hydrogens (primary N) is 1. The van der Waals surface area contributed by atoms with Crippen LogP contribution in [0, 0.1) is 0 Å². The molecule has 0 spiro atoms. The van der Waals surface area contributed by atoms with Crippen molar-refractivity contribution in [3.63, 3.8) is 0 Å². The Labute approximate surface area is 118 Å². The van der Waals surface area contributed by atoms with Crippen molar-refractivity contribution in [2.45, 2.75) is 45.2 Å². The van der Waals surface area contributed by atoms with Crippen LogP contribution in [0.5, 0.6) is 0 Å². The van der Waals surface area contributed by atoms with Gasteiger partial charge in [-0.15, -0.1) is 0 Å². The standard InChI is InChI=1S/C14H22N4O2/c1-3-6-16-13(19)9(2)17-14(20)12-7-10(15)8-18(12)11-4-5-11/h7-9,11H,3-6,15H2,1-2H3,(H,16,19)(H,17,20). The smallest absolute Gasteiger partial charge is 0.268 e. The highest BCUT2D eigenvalue weighted by molar-refractivity contribution is 5.97. The molecule has 1 heterocycles. The minimum absolute atomic E-state index is 0.169. The largest absolute Gasteiger partial charge is 0.397 e. The van der Waals surface area contributed by atoms with Crippen LogP contribution in [0.4, 0.5) is 5.69 Å². The van der Waals surface area contributed by atoms with Gasteiger partial charge in [-0.3, -0.25) is 9.59 Å². The summed E-state index contributed by atoms with van der Waals surface area (Å²) in [5.41, 5.74) is 6.86. The van der Waals surface area contributed by atoms with Crippen LogP contribution in [-0.4, -0.2) is 29.0 Å². The van der Waals surface area contributed by atoms with Crippen molar-refractivity contribution in [3.05, 3.63) is 18.0 Å². The maximum Gasteiger partial charge on any atom is 0.268 e. The first-order valence-corrected chi connectivity index (χ1v) is 7.08. The van der Waals surface area contributed by atoms with E-state index in [2.05, 4.69) is 10.6 Å². The van der Waals surface area contributed by atoms with Gasteiger partial charge in [0.1, 0.15) is 11.7 Å². The van der Waals surface area contributed by atoms with Crippen LogP contribution < -0.4 is 16.4 Å². The summed E-state index contributed by atoms with van der Waals surface area (Å²) in [5.74, 6) is -0.426. The molecule has 1 aromatic heterocycles. The van der Waals surface area contributed by atoms with Crippen LogP contribution in [-0.2, 0) is 4.79 Å². The number of aromatic nitrogens is 1. The third kappa shape index (κ3) is 3.31. The fourth-order valence-electron chi connectivity index (χ4n) is 2.07. The molecule has 20 heavy (non-hydrogen) atoms. The quantitative estimate of drug-likeness (QED) is 0.726. The third-order valence-corrected chi connectivity index (χ3v) is 3.33. The lowest BCUT2D eigenvalue weighted by Crippen LogP contribution is -2.45. The highest BCUT2D eigenvalue weighted by Crippen LogP contribution is 2.37. The summed E-state index contributed by atoms with van der Waals surface area (Å²) < 4.78 is 1.90. The summed E-state index contributed by atoms with van der Waals surface area (Å²) in [4.78, 5) is 24.0. The highest BCUT2D eigenvalue weighted by atomic mass is 16.2. The average Bonchev–Trinajstić information content (AvgIpc) is 3.18. The van der Waals surface area contributed by atoms with E-state index in [9.17, 15) is 9.59 Å². The number of nitrogens with zero attached hydrogens (tertiary/aromatic N) is 1. The minimum Gasteiger partial charge on any atom is -0.397 e. The Hall–Kier alpha value is -1.98. The molecule has 2 rings (SSSR count). The molecule has 1 aliphatic rings. The Bertz CT molecular complexity index is 505. The molecule has 6 heteroatoms. The molecule has 0 radical (unpaired) electrons. The lowest BCUT2D eigenvalue weighted by molar-refractivity contribution is -0.122. The second-order valence-electron chi connectivity index (χ2n) is 5.28. The molecule has 4 N–H and O–H groups in total. The van der Waals surface area contributed by atoms with Gasteiger partial charge in [-0.2, -0.15) is 0 Å². The topological polar surface area (TPSA) is 89.2 Å². The lowest BCUT2D eigenvalue weighted by atomic mass is 10.2. The van der Waals surface area contributed by atoms with Gasteiger partial charge < -0.3 is 20.9 Å². The van der Waals surface area contributed by atoms with Gasteiger partial charge in [-0.1, -0.05) is 6.92 Å². The molecule has 6 nitrogen and oxygen atoms in total. The van der Waals surface area contributed by atoms with Gasteiger partial charge in [0.15, 0.2) is 0 Å². The monoisotopic (exact) mass is 278 g/mol. The predicted octanol–water partition coefficient (Wildman–Crippen LogP) is 1.05. The Kier molecular flexibility index (Phi) is 4.32. The van der Waals surface area contributed by atoms with Crippen LogP contribution in [0.25, 0.3) is 0 Å². The van der Waals surface area contributed by atoms with Crippen molar-refractivity contribution in [2.75, 3.05) is 12.3 Å². The minimum atomic E-state index is -0.558. The van der Waals surface area contributed by atoms with Crippen LogP contribution >= 0.6 is 0 Å².